The van der Waals surface area contributed by atoms with Gasteiger partial charge in [0, 0.05) is 17.8 Å². The normalized spacial score (nSPS) is 10.9. The standard InChI is InChI=1S/C19H23NO4/c1-19(2,13-9-7-6-8-10-13)18(21)20-14-11-15(22-3)17(24-5)16(12-14)23-4/h6-12H,1-5H3,(H,20,21). The van der Waals surface area contributed by atoms with Crippen LogP contribution in [0.2, 0.25) is 0 Å². The fourth-order valence-electron chi connectivity index (χ4n) is 2.43. The monoisotopic (exact) mass is 329 g/mol. The molecule has 0 spiro atoms. The molecule has 1 amide bonds. The molecule has 0 radical (unpaired) electrons. The molecule has 0 aromatic heterocycles. The molecule has 2 aromatic carbocycles. The minimum absolute atomic E-state index is 0.122. The minimum Gasteiger partial charge on any atom is -0.493 e. The summed E-state index contributed by atoms with van der Waals surface area (Å²) in [5, 5.41) is 2.93. The van der Waals surface area contributed by atoms with Crippen molar-refractivity contribution in [2.75, 3.05) is 26.6 Å². The van der Waals surface area contributed by atoms with Crippen molar-refractivity contribution in [1.29, 1.82) is 0 Å². The van der Waals surface area contributed by atoms with Crippen LogP contribution in [-0.4, -0.2) is 27.2 Å². The van der Waals surface area contributed by atoms with Gasteiger partial charge >= 0.3 is 0 Å². The molecule has 2 aromatic rings. The molecule has 24 heavy (non-hydrogen) atoms. The molecule has 0 aliphatic carbocycles. The second-order valence-corrected chi connectivity index (χ2v) is 5.86. The number of rotatable bonds is 6. The Morgan fingerprint density at radius 3 is 1.92 bits per heavy atom. The SMILES string of the molecule is COc1cc(NC(=O)C(C)(C)c2ccccc2)cc(OC)c1OC. The van der Waals surface area contributed by atoms with Crippen LogP contribution < -0.4 is 19.5 Å². The Balaban J connectivity index is 2.32. The second kappa shape index (κ2) is 7.25. The number of hydrogen-bond donors (Lipinski definition) is 1. The highest BCUT2D eigenvalue weighted by atomic mass is 16.5. The van der Waals surface area contributed by atoms with Crippen molar-refractivity contribution in [3.05, 3.63) is 48.0 Å². The number of ether oxygens (including phenoxy) is 3. The Morgan fingerprint density at radius 2 is 1.46 bits per heavy atom. The Kier molecular flexibility index (Phi) is 5.34. The molecule has 0 heterocycles. The Hall–Kier alpha value is -2.69. The van der Waals surface area contributed by atoms with E-state index in [1.54, 1.807) is 12.1 Å². The number of hydrogen-bond acceptors (Lipinski definition) is 4. The molecule has 5 heteroatoms. The van der Waals surface area contributed by atoms with Crippen LogP contribution in [0.1, 0.15) is 19.4 Å². The molecule has 5 nitrogen and oxygen atoms in total. The van der Waals surface area contributed by atoms with Crippen LogP contribution in [0.5, 0.6) is 17.2 Å². The van der Waals surface area contributed by atoms with Crippen LogP contribution in [0.4, 0.5) is 5.69 Å². The van der Waals surface area contributed by atoms with Gasteiger partial charge in [-0.3, -0.25) is 4.79 Å². The molecule has 0 bridgehead atoms. The van der Waals surface area contributed by atoms with Gasteiger partial charge in [0.05, 0.1) is 26.7 Å². The second-order valence-electron chi connectivity index (χ2n) is 5.86. The van der Waals surface area contributed by atoms with E-state index >= 15 is 0 Å². The van der Waals surface area contributed by atoms with E-state index in [2.05, 4.69) is 5.32 Å². The van der Waals surface area contributed by atoms with Gasteiger partial charge in [-0.05, 0) is 19.4 Å². The summed E-state index contributed by atoms with van der Waals surface area (Å²) in [6.07, 6.45) is 0. The fourth-order valence-corrected chi connectivity index (χ4v) is 2.43. The highest BCUT2D eigenvalue weighted by molar-refractivity contribution is 5.99. The average molecular weight is 329 g/mol. The lowest BCUT2D eigenvalue weighted by Crippen LogP contribution is -2.34. The third-order valence-corrected chi connectivity index (χ3v) is 3.99. The molecular weight excluding hydrogens is 306 g/mol. The number of carbonyl (C=O) groups excluding carboxylic acids is 1. The summed E-state index contributed by atoms with van der Waals surface area (Å²) in [7, 11) is 4.62. The number of methoxy groups -OCH3 is 3. The van der Waals surface area contributed by atoms with Crippen molar-refractivity contribution in [3.63, 3.8) is 0 Å². The van der Waals surface area contributed by atoms with Crippen LogP contribution in [0.25, 0.3) is 0 Å². The van der Waals surface area contributed by atoms with Crippen LogP contribution in [-0.2, 0) is 10.2 Å². The highest BCUT2D eigenvalue weighted by Crippen LogP contribution is 2.40. The first-order chi connectivity index (χ1) is 11.4. The van der Waals surface area contributed by atoms with Crippen LogP contribution in [0, 0.1) is 0 Å². The predicted octanol–water partition coefficient (Wildman–Crippen LogP) is 3.63. The number of amides is 1. The van der Waals surface area contributed by atoms with Gasteiger partial charge in [0.1, 0.15) is 0 Å². The summed E-state index contributed by atoms with van der Waals surface area (Å²) in [6.45, 7) is 3.77. The summed E-state index contributed by atoms with van der Waals surface area (Å²) >= 11 is 0. The molecule has 0 aliphatic rings. The summed E-state index contributed by atoms with van der Waals surface area (Å²) in [5.41, 5.74) is 0.843. The lowest BCUT2D eigenvalue weighted by atomic mass is 9.83. The smallest absolute Gasteiger partial charge is 0.234 e. The Morgan fingerprint density at radius 1 is 0.917 bits per heavy atom. The number of carbonyl (C=O) groups is 1. The van der Waals surface area contributed by atoms with Gasteiger partial charge in [-0.25, -0.2) is 0 Å². The lowest BCUT2D eigenvalue weighted by molar-refractivity contribution is -0.120. The van der Waals surface area contributed by atoms with E-state index in [0.29, 0.717) is 22.9 Å². The zero-order valence-corrected chi connectivity index (χ0v) is 14.7. The van der Waals surface area contributed by atoms with Crippen LogP contribution in [0.15, 0.2) is 42.5 Å². The molecule has 2 rings (SSSR count). The number of nitrogens with one attached hydrogen (secondary N) is 1. The van der Waals surface area contributed by atoms with Crippen molar-refractivity contribution in [2.24, 2.45) is 0 Å². The zero-order chi connectivity index (χ0) is 17.7. The molecule has 0 atom stereocenters. The van der Waals surface area contributed by atoms with Gasteiger partial charge in [-0.1, -0.05) is 30.3 Å². The highest BCUT2D eigenvalue weighted by Gasteiger charge is 2.30. The zero-order valence-electron chi connectivity index (χ0n) is 14.7. The van der Waals surface area contributed by atoms with Gasteiger partial charge in [-0.15, -0.1) is 0 Å². The predicted molar refractivity (Wildman–Crippen MR) is 94.2 cm³/mol. The van der Waals surface area contributed by atoms with Gasteiger partial charge in [-0.2, -0.15) is 0 Å². The molecular formula is C19H23NO4. The maximum Gasteiger partial charge on any atom is 0.234 e. The van der Waals surface area contributed by atoms with E-state index in [-0.39, 0.29) is 5.91 Å². The average Bonchev–Trinajstić information content (AvgIpc) is 2.61. The lowest BCUT2D eigenvalue weighted by Gasteiger charge is -2.24. The van der Waals surface area contributed by atoms with Gasteiger partial charge in [0.2, 0.25) is 11.7 Å². The summed E-state index contributed by atoms with van der Waals surface area (Å²) in [6, 6.07) is 13.1. The van der Waals surface area contributed by atoms with Crippen molar-refractivity contribution >= 4 is 11.6 Å². The summed E-state index contributed by atoms with van der Waals surface area (Å²) in [4.78, 5) is 12.8. The number of benzene rings is 2. The molecule has 0 aliphatic heterocycles. The molecule has 0 saturated heterocycles. The van der Waals surface area contributed by atoms with E-state index < -0.39 is 5.41 Å². The van der Waals surface area contributed by atoms with E-state index in [9.17, 15) is 4.79 Å². The summed E-state index contributed by atoms with van der Waals surface area (Å²) < 4.78 is 15.9. The maximum absolute atomic E-state index is 12.8. The molecule has 0 fully saturated rings. The van der Waals surface area contributed by atoms with E-state index in [4.69, 9.17) is 14.2 Å². The molecule has 0 saturated carbocycles. The molecule has 128 valence electrons. The van der Waals surface area contributed by atoms with E-state index in [0.717, 1.165) is 5.56 Å². The first kappa shape index (κ1) is 17.7. The first-order valence-corrected chi connectivity index (χ1v) is 7.61. The molecule has 1 N–H and O–H groups in total. The van der Waals surface area contributed by atoms with E-state index in [1.807, 2.05) is 44.2 Å². The number of anilines is 1. The first-order valence-electron chi connectivity index (χ1n) is 7.61. The van der Waals surface area contributed by atoms with Gasteiger partial charge < -0.3 is 19.5 Å². The molecule has 0 unspecified atom stereocenters. The van der Waals surface area contributed by atoms with Crippen molar-refractivity contribution in [2.45, 2.75) is 19.3 Å². The third kappa shape index (κ3) is 3.45. The van der Waals surface area contributed by atoms with Crippen LogP contribution >= 0.6 is 0 Å². The minimum atomic E-state index is -0.679. The topological polar surface area (TPSA) is 56.8 Å². The third-order valence-electron chi connectivity index (χ3n) is 3.99. The quantitative estimate of drug-likeness (QED) is 0.879. The van der Waals surface area contributed by atoms with Crippen molar-refractivity contribution in [3.8, 4) is 17.2 Å². The Labute approximate surface area is 142 Å². The van der Waals surface area contributed by atoms with Crippen LogP contribution in [0.3, 0.4) is 0 Å². The van der Waals surface area contributed by atoms with Gasteiger partial charge in [0.25, 0.3) is 0 Å². The maximum atomic E-state index is 12.8. The van der Waals surface area contributed by atoms with Gasteiger partial charge in [0.15, 0.2) is 11.5 Å². The summed E-state index contributed by atoms with van der Waals surface area (Å²) in [5.74, 6) is 1.35. The Bertz CT molecular complexity index is 686. The fraction of sp³-hybridized carbons (Fsp3) is 0.316. The van der Waals surface area contributed by atoms with Crippen molar-refractivity contribution in [1.82, 2.24) is 0 Å². The largest absolute Gasteiger partial charge is 0.493 e. The van der Waals surface area contributed by atoms with Crippen molar-refractivity contribution < 1.29 is 19.0 Å². The van der Waals surface area contributed by atoms with E-state index in [1.165, 1.54) is 21.3 Å².